The third-order valence-electron chi connectivity index (χ3n) is 5.86. The predicted molar refractivity (Wildman–Crippen MR) is 112 cm³/mol. The van der Waals surface area contributed by atoms with E-state index in [1.54, 1.807) is 0 Å². The van der Waals surface area contributed by atoms with Crippen LogP contribution < -0.4 is 14.8 Å². The van der Waals surface area contributed by atoms with Gasteiger partial charge in [-0.25, -0.2) is 0 Å². The summed E-state index contributed by atoms with van der Waals surface area (Å²) in [6.07, 6.45) is 3.47. The first-order chi connectivity index (χ1) is 13.7. The smallest absolute Gasteiger partial charge is 0.161 e. The van der Waals surface area contributed by atoms with Gasteiger partial charge in [-0.2, -0.15) is 0 Å². The first kappa shape index (κ1) is 19.1. The molecule has 28 heavy (non-hydrogen) atoms. The van der Waals surface area contributed by atoms with Crippen LogP contribution >= 0.6 is 0 Å². The summed E-state index contributed by atoms with van der Waals surface area (Å²) in [4.78, 5) is 0. The summed E-state index contributed by atoms with van der Waals surface area (Å²) in [5.41, 5.74) is 5.11. The van der Waals surface area contributed by atoms with E-state index in [2.05, 4.69) is 42.6 Å². The number of hydrogen-bond acceptors (Lipinski definition) is 4. The maximum atomic E-state index is 6.30. The van der Waals surface area contributed by atoms with Crippen molar-refractivity contribution in [1.82, 2.24) is 0 Å². The van der Waals surface area contributed by atoms with Crippen molar-refractivity contribution >= 4 is 5.69 Å². The molecule has 0 bridgehead atoms. The minimum atomic E-state index is 0.156. The maximum Gasteiger partial charge on any atom is 0.161 e. The monoisotopic (exact) mass is 381 g/mol. The van der Waals surface area contributed by atoms with E-state index in [0.29, 0.717) is 19.1 Å². The molecule has 4 nitrogen and oxygen atoms in total. The van der Waals surface area contributed by atoms with Gasteiger partial charge in [0.05, 0.1) is 25.4 Å². The first-order valence-corrected chi connectivity index (χ1v) is 10.7. The summed E-state index contributed by atoms with van der Waals surface area (Å²) in [6, 6.07) is 13.3. The van der Waals surface area contributed by atoms with Crippen LogP contribution in [0.2, 0.25) is 0 Å². The van der Waals surface area contributed by atoms with Crippen molar-refractivity contribution < 1.29 is 14.2 Å². The second-order valence-electron chi connectivity index (χ2n) is 7.57. The van der Waals surface area contributed by atoms with Gasteiger partial charge >= 0.3 is 0 Å². The summed E-state index contributed by atoms with van der Waals surface area (Å²) in [5, 5.41) is 3.81. The van der Waals surface area contributed by atoms with Crippen molar-refractivity contribution in [2.45, 2.75) is 52.2 Å². The fraction of sp³-hybridized carbons (Fsp3) is 0.500. The number of benzene rings is 2. The molecule has 2 aromatic carbocycles. The Bertz CT molecular complexity index is 819. The lowest BCUT2D eigenvalue weighted by atomic mass is 9.77. The van der Waals surface area contributed by atoms with E-state index in [0.717, 1.165) is 37.4 Å². The lowest BCUT2D eigenvalue weighted by Crippen LogP contribution is -2.36. The van der Waals surface area contributed by atoms with E-state index in [9.17, 15) is 0 Å². The Morgan fingerprint density at radius 3 is 2.61 bits per heavy atom. The summed E-state index contributed by atoms with van der Waals surface area (Å²) < 4.78 is 17.9. The standard InChI is InChI=1S/C24H31NO3/c1-4-16-9-11-20-19(14-16)24-18(8-7-13-28-24)23(25-20)17-10-12-21(26-5-2)22(15-17)27-6-3/h9-12,14-15,18,23-25H,4-8,13H2,1-3H3/t18-,23?,24-/m0/s1. The van der Waals surface area contributed by atoms with Crippen LogP contribution in [0.5, 0.6) is 11.5 Å². The Balaban J connectivity index is 1.72. The Kier molecular flexibility index (Phi) is 5.77. The molecule has 0 saturated carbocycles. The lowest BCUT2D eigenvalue weighted by Gasteiger charge is -2.43. The lowest BCUT2D eigenvalue weighted by molar-refractivity contribution is -0.0381. The molecule has 2 aliphatic heterocycles. The number of aryl methyl sites for hydroxylation is 1. The van der Waals surface area contributed by atoms with E-state index in [1.807, 2.05) is 19.9 Å². The van der Waals surface area contributed by atoms with Crippen LogP contribution in [0.15, 0.2) is 36.4 Å². The van der Waals surface area contributed by atoms with Crippen molar-refractivity contribution in [3.63, 3.8) is 0 Å². The summed E-state index contributed by atoms with van der Waals surface area (Å²) in [7, 11) is 0. The number of fused-ring (bicyclic) bond motifs is 3. The molecule has 2 heterocycles. The first-order valence-electron chi connectivity index (χ1n) is 10.7. The molecule has 0 amide bonds. The summed E-state index contributed by atoms with van der Waals surface area (Å²) in [5.74, 6) is 2.05. The third kappa shape index (κ3) is 3.58. The molecule has 0 aliphatic carbocycles. The average Bonchev–Trinajstić information content (AvgIpc) is 2.74. The molecule has 150 valence electrons. The van der Waals surface area contributed by atoms with Gasteiger partial charge in [0.1, 0.15) is 0 Å². The Morgan fingerprint density at radius 2 is 1.82 bits per heavy atom. The molecule has 1 saturated heterocycles. The maximum absolute atomic E-state index is 6.30. The SMILES string of the molecule is CCOc1ccc(C2Nc3ccc(CC)cc3[C@H]3OCCC[C@@H]23)cc1OCC. The van der Waals surface area contributed by atoms with Crippen LogP contribution in [0.25, 0.3) is 0 Å². The molecule has 4 rings (SSSR count). The van der Waals surface area contributed by atoms with Crippen LogP contribution in [0.1, 0.15) is 62.4 Å². The molecule has 1 N–H and O–H groups in total. The average molecular weight is 382 g/mol. The quantitative estimate of drug-likeness (QED) is 0.699. The minimum absolute atomic E-state index is 0.156. The molecule has 4 heteroatoms. The van der Waals surface area contributed by atoms with Crippen LogP contribution in [-0.2, 0) is 11.2 Å². The molecule has 0 radical (unpaired) electrons. The van der Waals surface area contributed by atoms with Gasteiger partial charge in [-0.05, 0) is 62.4 Å². The van der Waals surface area contributed by atoms with Gasteiger partial charge < -0.3 is 19.5 Å². The van der Waals surface area contributed by atoms with Crippen molar-refractivity contribution in [1.29, 1.82) is 0 Å². The van der Waals surface area contributed by atoms with E-state index < -0.39 is 0 Å². The van der Waals surface area contributed by atoms with Crippen molar-refractivity contribution in [3.05, 3.63) is 53.1 Å². The Morgan fingerprint density at radius 1 is 1.00 bits per heavy atom. The third-order valence-corrected chi connectivity index (χ3v) is 5.86. The largest absolute Gasteiger partial charge is 0.490 e. The Labute approximate surface area is 168 Å². The van der Waals surface area contributed by atoms with E-state index in [-0.39, 0.29) is 12.1 Å². The molecule has 0 aromatic heterocycles. The fourth-order valence-corrected chi connectivity index (χ4v) is 4.53. The molecule has 2 aromatic rings. The summed E-state index contributed by atoms with van der Waals surface area (Å²) >= 11 is 0. The number of hydrogen-bond donors (Lipinski definition) is 1. The number of nitrogens with one attached hydrogen (secondary N) is 1. The molecule has 3 atom stereocenters. The zero-order valence-electron chi connectivity index (χ0n) is 17.2. The molecule has 1 fully saturated rings. The highest BCUT2D eigenvalue weighted by atomic mass is 16.5. The van der Waals surface area contributed by atoms with Gasteiger partial charge in [0, 0.05) is 23.8 Å². The zero-order valence-corrected chi connectivity index (χ0v) is 17.2. The number of anilines is 1. The highest BCUT2D eigenvalue weighted by molar-refractivity contribution is 5.59. The van der Waals surface area contributed by atoms with Crippen molar-refractivity contribution in [3.8, 4) is 11.5 Å². The van der Waals surface area contributed by atoms with Crippen molar-refractivity contribution in [2.75, 3.05) is 25.1 Å². The molecular formula is C24H31NO3. The molecule has 0 spiro atoms. The van der Waals surface area contributed by atoms with E-state index in [4.69, 9.17) is 14.2 Å². The predicted octanol–water partition coefficient (Wildman–Crippen LogP) is 5.68. The van der Waals surface area contributed by atoms with Gasteiger partial charge in [-0.1, -0.05) is 25.1 Å². The van der Waals surface area contributed by atoms with Crippen LogP contribution in [0, 0.1) is 5.92 Å². The van der Waals surface area contributed by atoms with E-state index >= 15 is 0 Å². The molecular weight excluding hydrogens is 350 g/mol. The highest BCUT2D eigenvalue weighted by Gasteiger charge is 2.40. The molecule has 1 unspecified atom stereocenters. The second kappa shape index (κ2) is 8.44. The van der Waals surface area contributed by atoms with Gasteiger partial charge in [0.25, 0.3) is 0 Å². The van der Waals surface area contributed by atoms with Gasteiger partial charge in [-0.3, -0.25) is 0 Å². The normalized spacial score (nSPS) is 23.3. The van der Waals surface area contributed by atoms with Crippen LogP contribution in [-0.4, -0.2) is 19.8 Å². The minimum Gasteiger partial charge on any atom is -0.490 e. The number of rotatable bonds is 6. The molecule has 2 aliphatic rings. The van der Waals surface area contributed by atoms with Gasteiger partial charge in [0.15, 0.2) is 11.5 Å². The summed E-state index contributed by atoms with van der Waals surface area (Å²) in [6.45, 7) is 8.31. The highest BCUT2D eigenvalue weighted by Crippen LogP contribution is 2.50. The van der Waals surface area contributed by atoms with Crippen LogP contribution in [0.3, 0.4) is 0 Å². The van der Waals surface area contributed by atoms with Gasteiger partial charge in [0.2, 0.25) is 0 Å². The second-order valence-corrected chi connectivity index (χ2v) is 7.57. The van der Waals surface area contributed by atoms with Gasteiger partial charge in [-0.15, -0.1) is 0 Å². The number of ether oxygens (including phenoxy) is 3. The topological polar surface area (TPSA) is 39.7 Å². The van der Waals surface area contributed by atoms with E-state index in [1.165, 1.54) is 22.4 Å². The van der Waals surface area contributed by atoms with Crippen molar-refractivity contribution in [2.24, 2.45) is 5.92 Å². The zero-order chi connectivity index (χ0) is 19.5. The fourth-order valence-electron chi connectivity index (χ4n) is 4.53. The van der Waals surface area contributed by atoms with Crippen LogP contribution in [0.4, 0.5) is 5.69 Å². The Hall–Kier alpha value is -2.20.